The number of nitrogens with one attached hydrogen (secondary N) is 1. The smallest absolute Gasteiger partial charge is 0.423 e. The van der Waals surface area contributed by atoms with Crippen LogP contribution in [0.15, 0.2) is 28.8 Å². The standard InChI is InChI=1S/C8H12BN3O2S/c1-3-7(9(13)14)4-6(2)11-8-12-10-5-15-8/h3-5,13-14H,1-2H3,(H,11,12)/b6-4+,7-3+. The van der Waals surface area contributed by atoms with Gasteiger partial charge in [-0.1, -0.05) is 17.4 Å². The molecule has 15 heavy (non-hydrogen) atoms. The second kappa shape index (κ2) is 5.64. The van der Waals surface area contributed by atoms with Crippen LogP contribution in [0, 0.1) is 0 Å². The van der Waals surface area contributed by atoms with E-state index in [2.05, 4.69) is 15.5 Å². The Morgan fingerprint density at radius 3 is 2.80 bits per heavy atom. The molecule has 0 fully saturated rings. The third-order valence-corrected chi connectivity index (χ3v) is 2.29. The Labute approximate surface area is 92.3 Å². The maximum Gasteiger partial charge on any atom is 0.488 e. The van der Waals surface area contributed by atoms with Crippen molar-refractivity contribution in [3.05, 3.63) is 28.8 Å². The second-order valence-electron chi connectivity index (χ2n) is 2.86. The highest BCUT2D eigenvalue weighted by molar-refractivity contribution is 7.13. The predicted molar refractivity (Wildman–Crippen MR) is 61.2 cm³/mol. The van der Waals surface area contributed by atoms with E-state index >= 15 is 0 Å². The molecule has 1 aromatic rings. The summed E-state index contributed by atoms with van der Waals surface area (Å²) in [7, 11) is -1.46. The lowest BCUT2D eigenvalue weighted by Gasteiger charge is -2.04. The summed E-state index contributed by atoms with van der Waals surface area (Å²) in [6.45, 7) is 3.55. The summed E-state index contributed by atoms with van der Waals surface area (Å²) >= 11 is 1.38. The molecule has 0 unspecified atom stereocenters. The molecule has 0 aromatic carbocycles. The van der Waals surface area contributed by atoms with Gasteiger partial charge in [0.15, 0.2) is 0 Å². The first-order chi connectivity index (χ1) is 7.13. The van der Waals surface area contributed by atoms with Crippen LogP contribution in [0.1, 0.15) is 13.8 Å². The first-order valence-electron chi connectivity index (χ1n) is 4.37. The molecule has 0 aliphatic rings. The van der Waals surface area contributed by atoms with Crippen molar-refractivity contribution in [1.29, 1.82) is 0 Å². The molecule has 1 heterocycles. The van der Waals surface area contributed by atoms with Crippen molar-refractivity contribution in [3.8, 4) is 0 Å². The Morgan fingerprint density at radius 2 is 2.33 bits per heavy atom. The first kappa shape index (κ1) is 11.9. The highest BCUT2D eigenvalue weighted by atomic mass is 32.1. The van der Waals surface area contributed by atoms with Crippen molar-refractivity contribution in [3.63, 3.8) is 0 Å². The van der Waals surface area contributed by atoms with Gasteiger partial charge in [0, 0.05) is 5.70 Å². The van der Waals surface area contributed by atoms with Gasteiger partial charge in [-0.05, 0) is 25.4 Å². The molecule has 1 rings (SSSR count). The molecule has 0 bridgehead atoms. The molecule has 0 spiro atoms. The van der Waals surface area contributed by atoms with Gasteiger partial charge in [0.1, 0.15) is 5.51 Å². The van der Waals surface area contributed by atoms with Gasteiger partial charge in [-0.15, -0.1) is 10.2 Å². The van der Waals surface area contributed by atoms with Crippen LogP contribution in [-0.2, 0) is 0 Å². The van der Waals surface area contributed by atoms with Gasteiger partial charge >= 0.3 is 7.12 Å². The lowest BCUT2D eigenvalue weighted by molar-refractivity contribution is 0.420. The number of anilines is 1. The van der Waals surface area contributed by atoms with Gasteiger partial charge in [-0.3, -0.25) is 0 Å². The van der Waals surface area contributed by atoms with Gasteiger partial charge in [0.05, 0.1) is 0 Å². The molecule has 0 atom stereocenters. The third kappa shape index (κ3) is 3.82. The van der Waals surface area contributed by atoms with E-state index < -0.39 is 7.12 Å². The van der Waals surface area contributed by atoms with Crippen LogP contribution in [0.3, 0.4) is 0 Å². The van der Waals surface area contributed by atoms with Crippen molar-refractivity contribution in [2.24, 2.45) is 0 Å². The fourth-order valence-electron chi connectivity index (χ4n) is 0.989. The van der Waals surface area contributed by atoms with E-state index in [9.17, 15) is 0 Å². The second-order valence-corrected chi connectivity index (χ2v) is 3.69. The third-order valence-electron chi connectivity index (χ3n) is 1.68. The Morgan fingerprint density at radius 1 is 1.60 bits per heavy atom. The molecule has 0 aliphatic carbocycles. The summed E-state index contributed by atoms with van der Waals surface area (Å²) in [6.07, 6.45) is 3.28. The first-order valence-corrected chi connectivity index (χ1v) is 5.25. The molecule has 0 saturated heterocycles. The van der Waals surface area contributed by atoms with E-state index in [4.69, 9.17) is 10.0 Å². The zero-order valence-corrected chi connectivity index (χ0v) is 9.32. The molecule has 1 aromatic heterocycles. The highest BCUT2D eigenvalue weighted by Gasteiger charge is 2.11. The predicted octanol–water partition coefficient (Wildman–Crippen LogP) is 0.812. The summed E-state index contributed by atoms with van der Waals surface area (Å²) in [6, 6.07) is 0. The van der Waals surface area contributed by atoms with Gasteiger partial charge in [0.2, 0.25) is 5.13 Å². The number of hydrogen-bond donors (Lipinski definition) is 3. The largest absolute Gasteiger partial charge is 0.488 e. The van der Waals surface area contributed by atoms with Gasteiger partial charge in [-0.25, -0.2) is 0 Å². The molecular formula is C8H12BN3O2S. The van der Waals surface area contributed by atoms with Crippen molar-refractivity contribution < 1.29 is 10.0 Å². The number of nitrogens with zero attached hydrogens (tertiary/aromatic N) is 2. The summed E-state index contributed by atoms with van der Waals surface area (Å²) in [5.74, 6) is 0. The number of hydrogen-bond acceptors (Lipinski definition) is 6. The Bertz CT molecular complexity index is 362. The number of rotatable bonds is 4. The molecule has 5 nitrogen and oxygen atoms in total. The quantitative estimate of drug-likeness (QED) is 0.522. The number of allylic oxidation sites excluding steroid dienone is 4. The highest BCUT2D eigenvalue weighted by Crippen LogP contribution is 2.12. The van der Waals surface area contributed by atoms with E-state index in [1.54, 1.807) is 24.6 Å². The Balaban J connectivity index is 2.67. The average molecular weight is 225 g/mol. The average Bonchev–Trinajstić information content (AvgIpc) is 2.66. The van der Waals surface area contributed by atoms with Gasteiger partial charge in [-0.2, -0.15) is 0 Å². The van der Waals surface area contributed by atoms with Crippen molar-refractivity contribution in [1.82, 2.24) is 10.2 Å². The minimum atomic E-state index is -1.46. The topological polar surface area (TPSA) is 78.3 Å². The molecule has 80 valence electrons. The van der Waals surface area contributed by atoms with E-state index in [-0.39, 0.29) is 0 Å². The van der Waals surface area contributed by atoms with Crippen LogP contribution >= 0.6 is 11.3 Å². The van der Waals surface area contributed by atoms with Crippen LogP contribution in [0.25, 0.3) is 0 Å². The van der Waals surface area contributed by atoms with Crippen molar-refractivity contribution in [2.75, 3.05) is 5.32 Å². The minimum absolute atomic E-state index is 0.435. The lowest BCUT2D eigenvalue weighted by Crippen LogP contribution is -2.14. The molecule has 7 heteroatoms. The van der Waals surface area contributed by atoms with E-state index in [1.165, 1.54) is 11.3 Å². The molecule has 0 radical (unpaired) electrons. The summed E-state index contributed by atoms with van der Waals surface area (Å²) in [5, 5.41) is 29.1. The monoisotopic (exact) mass is 225 g/mol. The van der Waals surface area contributed by atoms with Crippen molar-refractivity contribution in [2.45, 2.75) is 13.8 Å². The van der Waals surface area contributed by atoms with Crippen LogP contribution in [-0.4, -0.2) is 27.4 Å². The van der Waals surface area contributed by atoms with Crippen LogP contribution in [0.5, 0.6) is 0 Å². The van der Waals surface area contributed by atoms with Gasteiger partial charge < -0.3 is 15.4 Å². The Hall–Kier alpha value is -1.18. The van der Waals surface area contributed by atoms with Crippen LogP contribution in [0.2, 0.25) is 0 Å². The van der Waals surface area contributed by atoms with Gasteiger partial charge in [0.25, 0.3) is 0 Å². The fourth-order valence-corrected chi connectivity index (χ4v) is 1.50. The summed E-state index contributed by atoms with van der Waals surface area (Å²) in [5.41, 5.74) is 2.82. The fraction of sp³-hybridized carbons (Fsp3) is 0.250. The summed E-state index contributed by atoms with van der Waals surface area (Å²) < 4.78 is 0. The van der Waals surface area contributed by atoms with Crippen molar-refractivity contribution >= 4 is 23.6 Å². The molecular weight excluding hydrogens is 213 g/mol. The lowest BCUT2D eigenvalue weighted by atomic mass is 9.79. The summed E-state index contributed by atoms with van der Waals surface area (Å²) in [4.78, 5) is 0. The van der Waals surface area contributed by atoms with E-state index in [1.807, 2.05) is 6.92 Å². The SMILES string of the molecule is C/C=C(\C=C(/C)Nc1nncs1)B(O)O. The maximum atomic E-state index is 8.98. The van der Waals surface area contributed by atoms with E-state index in [0.29, 0.717) is 10.6 Å². The molecule has 0 saturated carbocycles. The van der Waals surface area contributed by atoms with Crippen LogP contribution in [0.4, 0.5) is 5.13 Å². The van der Waals surface area contributed by atoms with E-state index in [0.717, 1.165) is 5.70 Å². The minimum Gasteiger partial charge on any atom is -0.423 e. The number of aromatic nitrogens is 2. The normalized spacial score (nSPS) is 12.8. The maximum absolute atomic E-state index is 8.98. The molecule has 0 amide bonds. The zero-order valence-electron chi connectivity index (χ0n) is 8.51. The molecule has 3 N–H and O–H groups in total. The molecule has 0 aliphatic heterocycles. The Kier molecular flexibility index (Phi) is 4.48. The zero-order chi connectivity index (χ0) is 11.3. The van der Waals surface area contributed by atoms with Crippen LogP contribution < -0.4 is 5.32 Å².